The molecule has 21 heavy (non-hydrogen) atoms. The summed E-state index contributed by atoms with van der Waals surface area (Å²) in [6.45, 7) is 2.22. The van der Waals surface area contributed by atoms with Crippen molar-refractivity contribution in [3.8, 4) is 0 Å². The maximum absolute atomic E-state index is 13.8. The number of halogens is 1. The minimum Gasteiger partial charge on any atom is -0.478 e. The number of nitrogens with one attached hydrogen (secondary N) is 1. The third kappa shape index (κ3) is 4.45. The molecule has 3 nitrogen and oxygen atoms in total. The Morgan fingerprint density at radius 2 is 2.14 bits per heavy atom. The lowest BCUT2D eigenvalue weighted by Gasteiger charge is -2.19. The molecule has 2 rings (SSSR count). The number of carboxylic acid groups (broad SMARTS) is 1. The molecule has 4 heteroatoms. The zero-order chi connectivity index (χ0) is 15.2. The van der Waals surface area contributed by atoms with Gasteiger partial charge in [0, 0.05) is 6.04 Å². The Bertz CT molecular complexity index is 490. The van der Waals surface area contributed by atoms with Crippen molar-refractivity contribution in [1.29, 1.82) is 0 Å². The van der Waals surface area contributed by atoms with Crippen molar-refractivity contribution < 1.29 is 14.3 Å². The quantitative estimate of drug-likeness (QED) is 0.775. The van der Waals surface area contributed by atoms with Gasteiger partial charge in [0.2, 0.25) is 0 Å². The first-order chi connectivity index (χ1) is 10.1. The first kappa shape index (κ1) is 15.8. The molecule has 116 valence electrons. The summed E-state index contributed by atoms with van der Waals surface area (Å²) in [6.07, 6.45) is 8.13. The minimum absolute atomic E-state index is 0.122. The van der Waals surface area contributed by atoms with E-state index in [-0.39, 0.29) is 17.4 Å². The van der Waals surface area contributed by atoms with Crippen molar-refractivity contribution >= 4 is 11.7 Å². The van der Waals surface area contributed by atoms with Gasteiger partial charge in [0.25, 0.3) is 0 Å². The molecule has 1 aromatic rings. The molecule has 0 radical (unpaired) electrons. The summed E-state index contributed by atoms with van der Waals surface area (Å²) in [5, 5.41) is 12.2. The van der Waals surface area contributed by atoms with Crippen molar-refractivity contribution in [2.75, 3.05) is 5.32 Å². The highest BCUT2D eigenvalue weighted by Gasteiger charge is 2.19. The first-order valence-electron chi connectivity index (χ1n) is 7.89. The fraction of sp³-hybridized carbons (Fsp3) is 0.588. The second kappa shape index (κ2) is 7.43. The van der Waals surface area contributed by atoms with Gasteiger partial charge >= 0.3 is 5.97 Å². The molecule has 1 aliphatic carbocycles. The molecule has 0 bridgehead atoms. The van der Waals surface area contributed by atoms with Crippen LogP contribution in [0, 0.1) is 11.7 Å². The molecule has 0 aliphatic heterocycles. The number of carbonyl (C=O) groups is 1. The number of rotatable bonds is 5. The molecule has 1 fully saturated rings. The number of hydrogen-bond donors (Lipinski definition) is 2. The Balaban J connectivity index is 2.01. The maximum atomic E-state index is 13.8. The smallest absolute Gasteiger partial charge is 0.335 e. The summed E-state index contributed by atoms with van der Waals surface area (Å²) >= 11 is 0. The predicted molar refractivity (Wildman–Crippen MR) is 82.3 cm³/mol. The van der Waals surface area contributed by atoms with E-state index in [0.717, 1.165) is 25.2 Å². The Labute approximate surface area is 125 Å². The van der Waals surface area contributed by atoms with Gasteiger partial charge in [0.05, 0.1) is 11.3 Å². The van der Waals surface area contributed by atoms with Crippen molar-refractivity contribution in [2.24, 2.45) is 5.92 Å². The van der Waals surface area contributed by atoms with Gasteiger partial charge in [-0.2, -0.15) is 0 Å². The Morgan fingerprint density at radius 3 is 2.86 bits per heavy atom. The zero-order valence-corrected chi connectivity index (χ0v) is 12.6. The summed E-state index contributed by atoms with van der Waals surface area (Å²) in [5.41, 5.74) is 0.435. The SMILES string of the molecule is CCCC1CCCC(Nc2cc(C(=O)O)ccc2F)CC1. The monoisotopic (exact) mass is 293 g/mol. The molecule has 2 N–H and O–H groups in total. The standard InChI is InChI=1S/C17H24FNO2/c1-2-4-12-5-3-6-14(9-7-12)19-16-11-13(17(20)21)8-10-15(16)18/h8,10-12,14,19H,2-7,9H2,1H3,(H,20,21). The van der Waals surface area contributed by atoms with E-state index >= 15 is 0 Å². The maximum Gasteiger partial charge on any atom is 0.335 e. The van der Waals surface area contributed by atoms with E-state index in [2.05, 4.69) is 12.2 Å². The normalized spacial score (nSPS) is 22.6. The zero-order valence-electron chi connectivity index (χ0n) is 12.6. The Hall–Kier alpha value is -1.58. The molecule has 0 amide bonds. The van der Waals surface area contributed by atoms with Gasteiger partial charge in [0.15, 0.2) is 0 Å². The molecule has 0 spiro atoms. The van der Waals surface area contributed by atoms with E-state index in [1.165, 1.54) is 43.9 Å². The second-order valence-corrected chi connectivity index (χ2v) is 6.00. The summed E-state index contributed by atoms with van der Waals surface area (Å²) in [7, 11) is 0. The molecule has 1 aromatic carbocycles. The predicted octanol–water partition coefficient (Wildman–Crippen LogP) is 4.68. The van der Waals surface area contributed by atoms with E-state index in [1.54, 1.807) is 0 Å². The summed E-state index contributed by atoms with van der Waals surface area (Å²) < 4.78 is 13.8. The molecule has 1 saturated carbocycles. The fourth-order valence-corrected chi connectivity index (χ4v) is 3.21. The van der Waals surface area contributed by atoms with Crippen LogP contribution < -0.4 is 5.32 Å². The number of aromatic carboxylic acids is 1. The van der Waals surface area contributed by atoms with Crippen LogP contribution in [0.25, 0.3) is 0 Å². The lowest BCUT2D eigenvalue weighted by Crippen LogP contribution is -2.19. The van der Waals surface area contributed by atoms with Crippen LogP contribution in [-0.4, -0.2) is 17.1 Å². The molecule has 0 saturated heterocycles. The van der Waals surface area contributed by atoms with Crippen molar-refractivity contribution in [1.82, 2.24) is 0 Å². The summed E-state index contributed by atoms with van der Waals surface area (Å²) in [6, 6.07) is 4.16. The van der Waals surface area contributed by atoms with Gasteiger partial charge < -0.3 is 10.4 Å². The molecule has 1 aliphatic rings. The topological polar surface area (TPSA) is 49.3 Å². The molecular formula is C17H24FNO2. The molecule has 2 atom stereocenters. The fourth-order valence-electron chi connectivity index (χ4n) is 3.21. The van der Waals surface area contributed by atoms with Crippen LogP contribution in [0.3, 0.4) is 0 Å². The summed E-state index contributed by atoms with van der Waals surface area (Å²) in [5.74, 6) is -0.617. The van der Waals surface area contributed by atoms with E-state index in [0.29, 0.717) is 5.69 Å². The van der Waals surface area contributed by atoms with Gasteiger partial charge in [0.1, 0.15) is 5.82 Å². The highest BCUT2D eigenvalue weighted by Crippen LogP contribution is 2.29. The molecule has 0 aromatic heterocycles. The van der Waals surface area contributed by atoms with E-state index in [1.807, 2.05) is 0 Å². The number of anilines is 1. The van der Waals surface area contributed by atoms with Crippen LogP contribution in [0.2, 0.25) is 0 Å². The minimum atomic E-state index is -1.03. The lowest BCUT2D eigenvalue weighted by atomic mass is 9.95. The van der Waals surface area contributed by atoms with Gasteiger partial charge in [-0.25, -0.2) is 9.18 Å². The van der Waals surface area contributed by atoms with Gasteiger partial charge in [-0.15, -0.1) is 0 Å². The first-order valence-corrected chi connectivity index (χ1v) is 7.89. The third-order valence-corrected chi connectivity index (χ3v) is 4.36. The van der Waals surface area contributed by atoms with E-state index in [9.17, 15) is 9.18 Å². The number of hydrogen-bond acceptors (Lipinski definition) is 2. The molecule has 0 heterocycles. The second-order valence-electron chi connectivity index (χ2n) is 6.00. The van der Waals surface area contributed by atoms with Crippen molar-refractivity contribution in [3.05, 3.63) is 29.6 Å². The van der Waals surface area contributed by atoms with Crippen molar-refractivity contribution in [2.45, 2.75) is 57.9 Å². The molecule has 2 unspecified atom stereocenters. The van der Waals surface area contributed by atoms with Crippen molar-refractivity contribution in [3.63, 3.8) is 0 Å². The average molecular weight is 293 g/mol. The van der Waals surface area contributed by atoms with Gasteiger partial charge in [-0.3, -0.25) is 0 Å². The van der Waals surface area contributed by atoms with E-state index in [4.69, 9.17) is 5.11 Å². The molecular weight excluding hydrogens is 269 g/mol. The lowest BCUT2D eigenvalue weighted by molar-refractivity contribution is 0.0697. The van der Waals surface area contributed by atoms with Gasteiger partial charge in [-0.1, -0.05) is 32.6 Å². The number of benzene rings is 1. The Morgan fingerprint density at radius 1 is 1.33 bits per heavy atom. The number of carboxylic acids is 1. The average Bonchev–Trinajstić information content (AvgIpc) is 2.67. The van der Waals surface area contributed by atoms with Crippen LogP contribution >= 0.6 is 0 Å². The largest absolute Gasteiger partial charge is 0.478 e. The highest BCUT2D eigenvalue weighted by molar-refractivity contribution is 5.88. The van der Waals surface area contributed by atoms with Crippen LogP contribution in [0.1, 0.15) is 62.2 Å². The Kier molecular flexibility index (Phi) is 5.59. The summed E-state index contributed by atoms with van der Waals surface area (Å²) in [4.78, 5) is 11.0. The van der Waals surface area contributed by atoms with Crippen LogP contribution in [0.5, 0.6) is 0 Å². The van der Waals surface area contributed by atoms with E-state index < -0.39 is 5.97 Å². The highest BCUT2D eigenvalue weighted by atomic mass is 19.1. The van der Waals surface area contributed by atoms with Crippen LogP contribution in [0.4, 0.5) is 10.1 Å². The van der Waals surface area contributed by atoms with Crippen LogP contribution in [0.15, 0.2) is 18.2 Å². The van der Waals surface area contributed by atoms with Crippen LogP contribution in [-0.2, 0) is 0 Å². The third-order valence-electron chi connectivity index (χ3n) is 4.36. The van der Waals surface area contributed by atoms with Gasteiger partial charge in [-0.05, 0) is 43.4 Å².